The van der Waals surface area contributed by atoms with E-state index in [4.69, 9.17) is 0 Å². The molecular formula is C25H40O2. The van der Waals surface area contributed by atoms with Crippen molar-refractivity contribution in [2.24, 2.45) is 35.0 Å². The van der Waals surface area contributed by atoms with E-state index in [1.54, 1.807) is 0 Å². The minimum Gasteiger partial charge on any atom is -0.393 e. The molecule has 7 atom stereocenters. The fourth-order valence-corrected chi connectivity index (χ4v) is 6.47. The first-order valence-electron chi connectivity index (χ1n) is 11.0. The lowest BCUT2D eigenvalue weighted by Crippen LogP contribution is -2.37. The quantitative estimate of drug-likeness (QED) is 0.583. The predicted octanol–water partition coefficient (Wildman–Crippen LogP) is 5.67. The lowest BCUT2D eigenvalue weighted by Gasteiger charge is -2.38. The summed E-state index contributed by atoms with van der Waals surface area (Å²) < 4.78 is 0. The number of rotatable bonds is 1. The number of allylic oxidation sites excluding steroid dienone is 4. The van der Waals surface area contributed by atoms with Crippen LogP contribution in [-0.2, 0) is 0 Å². The maximum Gasteiger partial charge on any atom is 0.0780 e. The van der Waals surface area contributed by atoms with Gasteiger partial charge >= 0.3 is 0 Å². The van der Waals surface area contributed by atoms with E-state index in [1.807, 2.05) is 0 Å². The van der Waals surface area contributed by atoms with Crippen LogP contribution < -0.4 is 0 Å². The van der Waals surface area contributed by atoms with Crippen molar-refractivity contribution < 1.29 is 10.2 Å². The zero-order chi connectivity index (χ0) is 19.9. The van der Waals surface area contributed by atoms with Crippen molar-refractivity contribution in [1.82, 2.24) is 0 Å². The average Bonchev–Trinajstić information content (AvgIpc) is 3.07. The van der Waals surface area contributed by atoms with Gasteiger partial charge in [0.25, 0.3) is 0 Å². The van der Waals surface area contributed by atoms with Crippen molar-refractivity contribution in [3.05, 3.63) is 35.5 Å². The summed E-state index contributed by atoms with van der Waals surface area (Å²) in [7, 11) is 0. The van der Waals surface area contributed by atoms with E-state index in [1.165, 1.54) is 23.1 Å². The number of hydrogen-bond donors (Lipinski definition) is 2. The first-order valence-corrected chi connectivity index (χ1v) is 11.0. The molecule has 0 amide bonds. The highest BCUT2D eigenvalue weighted by atomic mass is 16.3. The van der Waals surface area contributed by atoms with Gasteiger partial charge in [-0.2, -0.15) is 0 Å². The Hall–Kier alpha value is -0.860. The van der Waals surface area contributed by atoms with Gasteiger partial charge in [0.1, 0.15) is 0 Å². The molecule has 0 spiro atoms. The molecule has 2 saturated carbocycles. The van der Waals surface area contributed by atoms with Crippen molar-refractivity contribution >= 4 is 0 Å². The van der Waals surface area contributed by atoms with Crippen LogP contribution in [0.3, 0.4) is 0 Å². The van der Waals surface area contributed by atoms with Crippen LogP contribution in [-0.4, -0.2) is 22.4 Å². The van der Waals surface area contributed by atoms with Gasteiger partial charge in [0.05, 0.1) is 12.2 Å². The van der Waals surface area contributed by atoms with Crippen LogP contribution in [0, 0.1) is 35.0 Å². The molecule has 0 radical (unpaired) electrons. The Morgan fingerprint density at radius 3 is 2.44 bits per heavy atom. The maximum atomic E-state index is 11.2. The number of hydrogen-bond acceptors (Lipinski definition) is 2. The Labute approximate surface area is 166 Å². The van der Waals surface area contributed by atoms with Gasteiger partial charge in [-0.3, -0.25) is 0 Å². The van der Waals surface area contributed by atoms with Gasteiger partial charge in [-0.05, 0) is 82.0 Å². The van der Waals surface area contributed by atoms with Crippen molar-refractivity contribution in [1.29, 1.82) is 0 Å². The molecule has 2 heteroatoms. The van der Waals surface area contributed by atoms with Crippen molar-refractivity contribution in [2.45, 2.75) is 85.4 Å². The third-order valence-corrected chi connectivity index (χ3v) is 8.21. The van der Waals surface area contributed by atoms with Crippen LogP contribution in [0.5, 0.6) is 0 Å². The Kier molecular flexibility index (Phi) is 6.08. The molecule has 2 nitrogen and oxygen atoms in total. The van der Waals surface area contributed by atoms with Crippen LogP contribution >= 0.6 is 0 Å². The first-order chi connectivity index (χ1) is 12.6. The van der Waals surface area contributed by atoms with Crippen LogP contribution in [0.15, 0.2) is 35.5 Å². The zero-order valence-corrected chi connectivity index (χ0v) is 18.0. The van der Waals surface area contributed by atoms with Crippen LogP contribution in [0.2, 0.25) is 0 Å². The zero-order valence-electron chi connectivity index (χ0n) is 18.0. The van der Waals surface area contributed by atoms with E-state index >= 15 is 0 Å². The molecule has 2 N–H and O–H groups in total. The van der Waals surface area contributed by atoms with Crippen molar-refractivity contribution in [3.8, 4) is 0 Å². The summed E-state index contributed by atoms with van der Waals surface area (Å²) >= 11 is 0. The summed E-state index contributed by atoms with van der Waals surface area (Å²) in [6.45, 7) is 15.5. The minimum absolute atomic E-state index is 0.250. The fourth-order valence-electron chi connectivity index (χ4n) is 6.47. The summed E-state index contributed by atoms with van der Waals surface area (Å²) in [6.07, 6.45) is 9.93. The van der Waals surface area contributed by atoms with E-state index in [0.29, 0.717) is 30.1 Å². The van der Waals surface area contributed by atoms with Gasteiger partial charge in [0.15, 0.2) is 0 Å². The highest BCUT2D eigenvalue weighted by Gasteiger charge is 2.53. The summed E-state index contributed by atoms with van der Waals surface area (Å²) in [6, 6.07) is 0. The van der Waals surface area contributed by atoms with Crippen LogP contribution in [0.4, 0.5) is 0 Å². The molecular weight excluding hydrogens is 332 g/mol. The largest absolute Gasteiger partial charge is 0.393 e. The van der Waals surface area contributed by atoms with E-state index in [-0.39, 0.29) is 17.4 Å². The molecule has 152 valence electrons. The van der Waals surface area contributed by atoms with Gasteiger partial charge in [0, 0.05) is 5.41 Å². The highest BCUT2D eigenvalue weighted by molar-refractivity contribution is 5.21. The monoisotopic (exact) mass is 372 g/mol. The van der Waals surface area contributed by atoms with Gasteiger partial charge in [0.2, 0.25) is 0 Å². The molecule has 3 aliphatic carbocycles. The second-order valence-electron chi connectivity index (χ2n) is 10.3. The Morgan fingerprint density at radius 2 is 1.78 bits per heavy atom. The number of aliphatic hydroxyl groups excluding tert-OH is 2. The Bertz CT molecular complexity index is 628. The molecule has 2 fully saturated rings. The molecule has 0 aromatic heterocycles. The maximum absolute atomic E-state index is 11.2. The summed E-state index contributed by atoms with van der Waals surface area (Å²) in [5, 5.41) is 22.1. The van der Waals surface area contributed by atoms with Gasteiger partial charge in [-0.15, -0.1) is 0 Å². The first kappa shape index (κ1) is 20.9. The third-order valence-electron chi connectivity index (χ3n) is 8.21. The third kappa shape index (κ3) is 3.85. The molecule has 0 heterocycles. The van der Waals surface area contributed by atoms with E-state index in [2.05, 4.69) is 53.3 Å². The Balaban J connectivity index is 2.00. The average molecular weight is 373 g/mol. The number of fused-ring (bicyclic) bond motifs is 2. The summed E-state index contributed by atoms with van der Waals surface area (Å²) in [5.41, 5.74) is 3.94. The minimum atomic E-state index is -0.489. The lowest BCUT2D eigenvalue weighted by molar-refractivity contribution is 0.0285. The van der Waals surface area contributed by atoms with Gasteiger partial charge in [-0.1, -0.05) is 56.2 Å². The fraction of sp³-hybridized carbons (Fsp3) is 0.760. The molecule has 0 bridgehead atoms. The normalized spacial score (nSPS) is 43.5. The molecule has 7 unspecified atom stereocenters. The molecule has 3 aliphatic rings. The molecule has 0 aliphatic heterocycles. The van der Waals surface area contributed by atoms with E-state index in [9.17, 15) is 10.2 Å². The predicted molar refractivity (Wildman–Crippen MR) is 113 cm³/mol. The summed E-state index contributed by atoms with van der Waals surface area (Å²) in [5.74, 6) is 2.20. The second kappa shape index (κ2) is 7.87. The van der Waals surface area contributed by atoms with Gasteiger partial charge < -0.3 is 10.2 Å². The Morgan fingerprint density at radius 1 is 1.11 bits per heavy atom. The van der Waals surface area contributed by atoms with Gasteiger partial charge in [-0.25, -0.2) is 0 Å². The molecule has 0 saturated heterocycles. The van der Waals surface area contributed by atoms with E-state index < -0.39 is 6.10 Å². The summed E-state index contributed by atoms with van der Waals surface area (Å²) in [4.78, 5) is 0. The van der Waals surface area contributed by atoms with Crippen molar-refractivity contribution in [3.63, 3.8) is 0 Å². The van der Waals surface area contributed by atoms with Crippen LogP contribution in [0.1, 0.15) is 73.1 Å². The smallest absolute Gasteiger partial charge is 0.0780 e. The standard InChI is InChI=1S/C25H40O2/c1-15(2)24-21-12-9-18(5)20-11-8-17(4)19(20)10-7-16(3)13-23(27)25(21,6)14-22(24)26/h9,13,15,19-24,26-27H,4,7-8,10-12,14H2,1-3,5-6H3. The van der Waals surface area contributed by atoms with Crippen molar-refractivity contribution in [2.75, 3.05) is 0 Å². The molecule has 27 heavy (non-hydrogen) atoms. The van der Waals surface area contributed by atoms with Crippen LogP contribution in [0.25, 0.3) is 0 Å². The molecule has 0 aromatic carbocycles. The number of aliphatic hydroxyl groups is 2. The molecule has 0 aromatic rings. The SMILES string of the molecule is C=C1CCC2C(C)=CCC3C(C(C)C)C(O)CC3(C)C(O)C=C(C)CCC12. The molecule has 3 rings (SSSR count). The second-order valence-corrected chi connectivity index (χ2v) is 10.3. The van der Waals surface area contributed by atoms with E-state index in [0.717, 1.165) is 25.7 Å². The topological polar surface area (TPSA) is 40.5 Å². The highest BCUT2D eigenvalue weighted by Crippen LogP contribution is 2.54. The lowest BCUT2D eigenvalue weighted by atomic mass is 9.68.